The molecule has 1 N–H and O–H groups in total. The number of nitrogens with zero attached hydrogens (tertiary/aromatic N) is 1. The van der Waals surface area contributed by atoms with E-state index in [9.17, 15) is 0 Å². The zero-order chi connectivity index (χ0) is 11.2. The number of hydrogen-bond donors (Lipinski definition) is 1. The van der Waals surface area contributed by atoms with E-state index in [0.717, 1.165) is 18.5 Å². The van der Waals surface area contributed by atoms with Gasteiger partial charge in [0.2, 0.25) is 0 Å². The van der Waals surface area contributed by atoms with Crippen LogP contribution < -0.4 is 5.32 Å². The molecule has 16 heavy (non-hydrogen) atoms. The first-order chi connectivity index (χ1) is 7.88. The van der Waals surface area contributed by atoms with E-state index in [1.165, 1.54) is 56.8 Å². The first-order valence-electron chi connectivity index (χ1n) is 6.92. The fourth-order valence-electron chi connectivity index (χ4n) is 2.90. The van der Waals surface area contributed by atoms with Crippen LogP contribution in [-0.4, -0.2) is 48.6 Å². The molecule has 0 spiro atoms. The summed E-state index contributed by atoms with van der Waals surface area (Å²) in [4.78, 5) is 2.70. The van der Waals surface area contributed by atoms with Crippen molar-refractivity contribution < 1.29 is 0 Å². The predicted octanol–water partition coefficient (Wildman–Crippen LogP) is 2.20. The molecule has 2 fully saturated rings. The number of thioether (sulfide) groups is 1. The van der Waals surface area contributed by atoms with Crippen LogP contribution in [0.15, 0.2) is 0 Å². The molecule has 2 rings (SSSR count). The molecule has 0 aliphatic carbocycles. The Kier molecular flexibility index (Phi) is 5.46. The fraction of sp³-hybridized carbons (Fsp3) is 1.00. The highest BCUT2D eigenvalue weighted by Gasteiger charge is 2.22. The van der Waals surface area contributed by atoms with Gasteiger partial charge in [-0.3, -0.25) is 0 Å². The lowest BCUT2D eigenvalue weighted by atomic mass is 9.99. The van der Waals surface area contributed by atoms with Gasteiger partial charge < -0.3 is 10.2 Å². The summed E-state index contributed by atoms with van der Waals surface area (Å²) in [6.07, 6.45) is 5.63. The number of rotatable bonds is 4. The van der Waals surface area contributed by atoms with Crippen molar-refractivity contribution in [1.82, 2.24) is 10.2 Å². The second-order valence-corrected chi connectivity index (χ2v) is 6.41. The summed E-state index contributed by atoms with van der Waals surface area (Å²) < 4.78 is 0. The molecule has 0 aromatic carbocycles. The minimum atomic E-state index is 0.795. The van der Waals surface area contributed by atoms with Crippen molar-refractivity contribution >= 4 is 11.8 Å². The predicted molar refractivity (Wildman–Crippen MR) is 73.2 cm³/mol. The molecule has 0 saturated carbocycles. The average molecular weight is 242 g/mol. The van der Waals surface area contributed by atoms with Crippen LogP contribution in [0.4, 0.5) is 0 Å². The largest absolute Gasteiger partial charge is 0.314 e. The molecule has 2 heterocycles. The number of nitrogens with one attached hydrogen (secondary N) is 1. The first kappa shape index (κ1) is 12.7. The molecule has 0 atom stereocenters. The molecule has 2 saturated heterocycles. The summed E-state index contributed by atoms with van der Waals surface area (Å²) in [5.74, 6) is 3.80. The number of piperidine rings is 1. The van der Waals surface area contributed by atoms with E-state index >= 15 is 0 Å². The number of likely N-dealkylation sites (tertiary alicyclic amines) is 1. The van der Waals surface area contributed by atoms with Crippen LogP contribution in [0.25, 0.3) is 0 Å². The molecule has 0 bridgehead atoms. The Bertz CT molecular complexity index is 184. The highest BCUT2D eigenvalue weighted by molar-refractivity contribution is 7.99. The third-order valence-corrected chi connectivity index (χ3v) is 4.99. The standard InChI is InChI=1S/C13H26N2S/c1-2-14-13-3-7-15(8-4-13)11-12-5-9-16-10-6-12/h12-14H,2-11H2,1H3. The lowest BCUT2D eigenvalue weighted by molar-refractivity contribution is 0.169. The summed E-state index contributed by atoms with van der Waals surface area (Å²) in [6.45, 7) is 7.36. The summed E-state index contributed by atoms with van der Waals surface area (Å²) in [5, 5.41) is 3.58. The van der Waals surface area contributed by atoms with Crippen molar-refractivity contribution in [3.05, 3.63) is 0 Å². The quantitative estimate of drug-likeness (QED) is 0.814. The summed E-state index contributed by atoms with van der Waals surface area (Å²) in [5.41, 5.74) is 0. The third kappa shape index (κ3) is 3.94. The van der Waals surface area contributed by atoms with Gasteiger partial charge in [0.05, 0.1) is 0 Å². The van der Waals surface area contributed by atoms with E-state index in [2.05, 4.69) is 28.9 Å². The second kappa shape index (κ2) is 6.87. The molecule has 0 radical (unpaired) electrons. The van der Waals surface area contributed by atoms with Gasteiger partial charge in [-0.25, -0.2) is 0 Å². The highest BCUT2D eigenvalue weighted by Crippen LogP contribution is 2.24. The van der Waals surface area contributed by atoms with E-state index in [-0.39, 0.29) is 0 Å². The van der Waals surface area contributed by atoms with Gasteiger partial charge in [0.1, 0.15) is 0 Å². The topological polar surface area (TPSA) is 15.3 Å². The Morgan fingerprint density at radius 1 is 1.12 bits per heavy atom. The minimum Gasteiger partial charge on any atom is -0.314 e. The molecule has 0 amide bonds. The number of hydrogen-bond acceptors (Lipinski definition) is 3. The lowest BCUT2D eigenvalue weighted by Gasteiger charge is -2.35. The molecular weight excluding hydrogens is 216 g/mol. The first-order valence-corrected chi connectivity index (χ1v) is 8.07. The van der Waals surface area contributed by atoms with Gasteiger partial charge in [-0.05, 0) is 62.7 Å². The molecule has 2 nitrogen and oxygen atoms in total. The van der Waals surface area contributed by atoms with Crippen LogP contribution in [-0.2, 0) is 0 Å². The van der Waals surface area contributed by atoms with E-state index < -0.39 is 0 Å². The normalized spacial score (nSPS) is 26.1. The third-order valence-electron chi connectivity index (χ3n) is 3.94. The van der Waals surface area contributed by atoms with E-state index in [1.54, 1.807) is 0 Å². The fourth-order valence-corrected chi connectivity index (χ4v) is 4.11. The van der Waals surface area contributed by atoms with Crippen LogP contribution in [0, 0.1) is 5.92 Å². The Hall–Kier alpha value is 0.270. The van der Waals surface area contributed by atoms with Crippen molar-refractivity contribution in [2.24, 2.45) is 5.92 Å². The van der Waals surface area contributed by atoms with Gasteiger partial charge in [-0.15, -0.1) is 0 Å². The molecule has 2 aliphatic rings. The van der Waals surface area contributed by atoms with E-state index in [0.29, 0.717) is 0 Å². The van der Waals surface area contributed by atoms with Crippen LogP contribution >= 0.6 is 11.8 Å². The molecule has 2 aliphatic heterocycles. The van der Waals surface area contributed by atoms with Gasteiger partial charge >= 0.3 is 0 Å². The van der Waals surface area contributed by atoms with Crippen molar-refractivity contribution in [2.45, 2.75) is 38.6 Å². The van der Waals surface area contributed by atoms with Crippen molar-refractivity contribution in [1.29, 1.82) is 0 Å². The van der Waals surface area contributed by atoms with Crippen LogP contribution in [0.5, 0.6) is 0 Å². The summed E-state index contributed by atoms with van der Waals surface area (Å²) in [7, 11) is 0. The Morgan fingerprint density at radius 3 is 2.44 bits per heavy atom. The van der Waals surface area contributed by atoms with Gasteiger partial charge in [-0.2, -0.15) is 11.8 Å². The Balaban J connectivity index is 1.64. The Morgan fingerprint density at radius 2 is 1.81 bits per heavy atom. The molecule has 0 aromatic heterocycles. The molecule has 0 aromatic rings. The van der Waals surface area contributed by atoms with Gasteiger partial charge in [-0.1, -0.05) is 6.92 Å². The molecule has 94 valence electrons. The smallest absolute Gasteiger partial charge is 0.00912 e. The summed E-state index contributed by atoms with van der Waals surface area (Å²) >= 11 is 2.14. The van der Waals surface area contributed by atoms with E-state index in [1.807, 2.05) is 0 Å². The van der Waals surface area contributed by atoms with Crippen LogP contribution in [0.3, 0.4) is 0 Å². The molecule has 0 unspecified atom stereocenters. The minimum absolute atomic E-state index is 0.795. The zero-order valence-corrected chi connectivity index (χ0v) is 11.4. The maximum absolute atomic E-state index is 3.58. The Labute approximate surface area is 105 Å². The van der Waals surface area contributed by atoms with Crippen molar-refractivity contribution in [2.75, 3.05) is 37.7 Å². The maximum atomic E-state index is 3.58. The summed E-state index contributed by atoms with van der Waals surface area (Å²) in [6, 6.07) is 0.795. The highest BCUT2D eigenvalue weighted by atomic mass is 32.2. The van der Waals surface area contributed by atoms with E-state index in [4.69, 9.17) is 0 Å². The van der Waals surface area contributed by atoms with Crippen LogP contribution in [0.2, 0.25) is 0 Å². The maximum Gasteiger partial charge on any atom is 0.00912 e. The van der Waals surface area contributed by atoms with Crippen molar-refractivity contribution in [3.63, 3.8) is 0 Å². The van der Waals surface area contributed by atoms with Gasteiger partial charge in [0, 0.05) is 12.6 Å². The zero-order valence-electron chi connectivity index (χ0n) is 10.6. The average Bonchev–Trinajstić information content (AvgIpc) is 2.33. The SMILES string of the molecule is CCNC1CCN(CC2CCSCC2)CC1. The lowest BCUT2D eigenvalue weighted by Crippen LogP contribution is -2.44. The van der Waals surface area contributed by atoms with Crippen molar-refractivity contribution in [3.8, 4) is 0 Å². The monoisotopic (exact) mass is 242 g/mol. The van der Waals surface area contributed by atoms with Crippen LogP contribution in [0.1, 0.15) is 32.6 Å². The molecular formula is C13H26N2S. The second-order valence-electron chi connectivity index (χ2n) is 5.19. The van der Waals surface area contributed by atoms with Gasteiger partial charge in [0.15, 0.2) is 0 Å². The molecule has 3 heteroatoms. The van der Waals surface area contributed by atoms with Gasteiger partial charge in [0.25, 0.3) is 0 Å².